The summed E-state index contributed by atoms with van der Waals surface area (Å²) < 4.78 is 0. The lowest BCUT2D eigenvalue weighted by Gasteiger charge is -2.03. The van der Waals surface area contributed by atoms with E-state index in [1.807, 2.05) is 24.7 Å². The van der Waals surface area contributed by atoms with Crippen LogP contribution in [0.5, 0.6) is 0 Å². The standard InChI is InChI=1S/C10H14O2Si/c1-8(11)10-5-3-4-9(6-10)7-13(2)12/h3-6,12-13H,7H2,1-2H3. The first-order valence-electron chi connectivity index (χ1n) is 4.37. The van der Waals surface area contributed by atoms with Gasteiger partial charge in [-0.2, -0.15) is 0 Å². The number of carbonyl (C=O) groups excluding carboxylic acids is 1. The molecule has 1 N–H and O–H groups in total. The Hall–Kier alpha value is -0.933. The van der Waals surface area contributed by atoms with Crippen LogP contribution in [-0.2, 0) is 6.04 Å². The zero-order chi connectivity index (χ0) is 9.84. The fraction of sp³-hybridized carbons (Fsp3) is 0.300. The van der Waals surface area contributed by atoms with Crippen molar-refractivity contribution in [1.29, 1.82) is 0 Å². The van der Waals surface area contributed by atoms with Crippen LogP contribution in [0.15, 0.2) is 24.3 Å². The average molecular weight is 194 g/mol. The SMILES string of the molecule is CC(=O)c1cccc(C[SiH](C)O)c1. The molecule has 1 atom stereocenters. The summed E-state index contributed by atoms with van der Waals surface area (Å²) in [5, 5.41) is 0. The average Bonchev–Trinajstić information content (AvgIpc) is 2.03. The first kappa shape index (κ1) is 10.1. The first-order valence-corrected chi connectivity index (χ1v) is 6.86. The molecule has 0 saturated heterocycles. The topological polar surface area (TPSA) is 37.3 Å². The summed E-state index contributed by atoms with van der Waals surface area (Å²) in [4.78, 5) is 20.3. The molecule has 0 amide bonds. The largest absolute Gasteiger partial charge is 0.435 e. The second-order valence-corrected chi connectivity index (χ2v) is 5.42. The van der Waals surface area contributed by atoms with Crippen molar-refractivity contribution < 1.29 is 9.59 Å². The number of Topliss-reactive ketones (excluding diaryl/α,β-unsaturated/α-hetero) is 1. The molecule has 2 nitrogen and oxygen atoms in total. The number of carbonyl (C=O) groups is 1. The van der Waals surface area contributed by atoms with Crippen molar-refractivity contribution in [3.63, 3.8) is 0 Å². The number of hydrogen-bond acceptors (Lipinski definition) is 2. The molecule has 0 saturated carbocycles. The quantitative estimate of drug-likeness (QED) is 0.582. The van der Waals surface area contributed by atoms with Gasteiger partial charge in [0.15, 0.2) is 14.8 Å². The highest BCUT2D eigenvalue weighted by atomic mass is 28.3. The van der Waals surface area contributed by atoms with Gasteiger partial charge in [-0.25, -0.2) is 0 Å². The summed E-state index contributed by atoms with van der Waals surface area (Å²) in [7, 11) is -1.56. The molecule has 0 spiro atoms. The van der Waals surface area contributed by atoms with Crippen LogP contribution < -0.4 is 0 Å². The highest BCUT2D eigenvalue weighted by Gasteiger charge is 2.03. The lowest BCUT2D eigenvalue weighted by Crippen LogP contribution is -2.10. The molecule has 1 unspecified atom stereocenters. The maximum absolute atomic E-state index is 11.0. The Morgan fingerprint density at radius 3 is 2.77 bits per heavy atom. The van der Waals surface area contributed by atoms with Crippen molar-refractivity contribution in [2.45, 2.75) is 19.5 Å². The van der Waals surface area contributed by atoms with Gasteiger partial charge in [-0.05, 0) is 31.1 Å². The third-order valence-electron chi connectivity index (χ3n) is 1.86. The van der Waals surface area contributed by atoms with Gasteiger partial charge in [0.1, 0.15) is 0 Å². The maximum atomic E-state index is 11.0. The van der Waals surface area contributed by atoms with Crippen molar-refractivity contribution in [1.82, 2.24) is 0 Å². The summed E-state index contributed by atoms with van der Waals surface area (Å²) in [6, 6.07) is 8.22. The predicted octanol–water partition coefficient (Wildman–Crippen LogP) is 1.32. The lowest BCUT2D eigenvalue weighted by molar-refractivity contribution is 0.101. The van der Waals surface area contributed by atoms with Gasteiger partial charge in [0.2, 0.25) is 0 Å². The smallest absolute Gasteiger partial charge is 0.173 e. The van der Waals surface area contributed by atoms with Crippen LogP contribution >= 0.6 is 0 Å². The van der Waals surface area contributed by atoms with E-state index >= 15 is 0 Å². The molecular formula is C10H14O2Si. The van der Waals surface area contributed by atoms with Crippen molar-refractivity contribution in [2.24, 2.45) is 0 Å². The van der Waals surface area contributed by atoms with Crippen LogP contribution in [0.2, 0.25) is 6.55 Å². The van der Waals surface area contributed by atoms with Gasteiger partial charge >= 0.3 is 0 Å². The van der Waals surface area contributed by atoms with Gasteiger partial charge in [0.05, 0.1) is 0 Å². The summed E-state index contributed by atoms with van der Waals surface area (Å²) in [5.41, 5.74) is 1.79. The van der Waals surface area contributed by atoms with Gasteiger partial charge in [0.25, 0.3) is 0 Å². The minimum Gasteiger partial charge on any atom is -0.435 e. The summed E-state index contributed by atoms with van der Waals surface area (Å²) in [6.45, 7) is 3.43. The highest BCUT2D eigenvalue weighted by Crippen LogP contribution is 2.07. The van der Waals surface area contributed by atoms with E-state index in [-0.39, 0.29) is 5.78 Å². The van der Waals surface area contributed by atoms with Crippen LogP contribution in [0, 0.1) is 0 Å². The number of rotatable bonds is 3. The Bertz CT molecular complexity index is 308. The van der Waals surface area contributed by atoms with Crippen LogP contribution in [-0.4, -0.2) is 19.6 Å². The minimum atomic E-state index is -1.56. The lowest BCUT2D eigenvalue weighted by atomic mass is 10.1. The van der Waals surface area contributed by atoms with Crippen LogP contribution in [0.3, 0.4) is 0 Å². The van der Waals surface area contributed by atoms with E-state index in [2.05, 4.69) is 0 Å². The predicted molar refractivity (Wildman–Crippen MR) is 55.4 cm³/mol. The van der Waals surface area contributed by atoms with E-state index in [9.17, 15) is 9.59 Å². The molecule has 1 aromatic carbocycles. The Morgan fingerprint density at radius 1 is 1.54 bits per heavy atom. The van der Waals surface area contributed by atoms with Crippen molar-refractivity contribution in [2.75, 3.05) is 0 Å². The van der Waals surface area contributed by atoms with E-state index in [1.165, 1.54) is 0 Å². The van der Waals surface area contributed by atoms with Crippen molar-refractivity contribution >= 4 is 14.8 Å². The van der Waals surface area contributed by atoms with Crippen LogP contribution in [0.4, 0.5) is 0 Å². The summed E-state index contributed by atoms with van der Waals surface area (Å²) >= 11 is 0. The Morgan fingerprint density at radius 2 is 2.23 bits per heavy atom. The van der Waals surface area contributed by atoms with Gasteiger partial charge in [-0.1, -0.05) is 18.2 Å². The van der Waals surface area contributed by atoms with E-state index in [0.717, 1.165) is 17.2 Å². The Labute approximate surface area is 79.9 Å². The molecule has 0 aliphatic heterocycles. The summed E-state index contributed by atoms with van der Waals surface area (Å²) in [5.74, 6) is 0.0779. The molecule has 70 valence electrons. The van der Waals surface area contributed by atoms with E-state index < -0.39 is 9.04 Å². The van der Waals surface area contributed by atoms with Gasteiger partial charge in [-0.3, -0.25) is 4.79 Å². The van der Waals surface area contributed by atoms with Gasteiger partial charge in [0, 0.05) is 5.56 Å². The van der Waals surface area contributed by atoms with Crippen LogP contribution in [0.25, 0.3) is 0 Å². The van der Waals surface area contributed by atoms with E-state index in [1.54, 1.807) is 13.0 Å². The molecule has 0 heterocycles. The fourth-order valence-electron chi connectivity index (χ4n) is 1.26. The molecule has 0 radical (unpaired) electrons. The molecule has 13 heavy (non-hydrogen) atoms. The molecule has 0 aliphatic carbocycles. The maximum Gasteiger partial charge on any atom is 0.173 e. The number of benzene rings is 1. The van der Waals surface area contributed by atoms with Gasteiger partial charge in [-0.15, -0.1) is 0 Å². The normalized spacial score (nSPS) is 12.5. The molecule has 0 aliphatic rings. The Kier molecular flexibility index (Phi) is 3.39. The highest BCUT2D eigenvalue weighted by molar-refractivity contribution is 6.48. The molecule has 0 bridgehead atoms. The monoisotopic (exact) mass is 194 g/mol. The third-order valence-corrected chi connectivity index (χ3v) is 2.93. The molecule has 0 fully saturated rings. The molecule has 1 rings (SSSR count). The summed E-state index contributed by atoms with van der Waals surface area (Å²) in [6.07, 6.45) is 0. The Balaban J connectivity index is 2.85. The zero-order valence-corrected chi connectivity index (χ0v) is 9.10. The van der Waals surface area contributed by atoms with Crippen LogP contribution in [0.1, 0.15) is 22.8 Å². The van der Waals surface area contributed by atoms with Crippen molar-refractivity contribution in [3.8, 4) is 0 Å². The molecule has 1 aromatic rings. The zero-order valence-electron chi connectivity index (χ0n) is 7.95. The molecule has 0 aromatic heterocycles. The first-order chi connectivity index (χ1) is 6.09. The van der Waals surface area contributed by atoms with E-state index in [0.29, 0.717) is 0 Å². The van der Waals surface area contributed by atoms with E-state index in [4.69, 9.17) is 0 Å². The molecule has 3 heteroatoms. The molecular weight excluding hydrogens is 180 g/mol. The number of ketones is 1. The van der Waals surface area contributed by atoms with Gasteiger partial charge < -0.3 is 4.80 Å². The number of hydrogen-bond donors (Lipinski definition) is 1. The second-order valence-electron chi connectivity index (χ2n) is 3.31. The fourth-order valence-corrected chi connectivity index (χ4v) is 2.19. The third kappa shape index (κ3) is 3.12. The van der Waals surface area contributed by atoms with Crippen molar-refractivity contribution in [3.05, 3.63) is 35.4 Å². The second kappa shape index (κ2) is 4.34. The minimum absolute atomic E-state index is 0.0779.